The minimum atomic E-state index is -0.354. The lowest BCUT2D eigenvalue weighted by Crippen LogP contribution is -2.38. The van der Waals surface area contributed by atoms with Gasteiger partial charge in [-0.1, -0.05) is 13.8 Å². The molecule has 0 spiro atoms. The third-order valence-electron chi connectivity index (χ3n) is 3.17. The molecule has 0 heterocycles. The van der Waals surface area contributed by atoms with Crippen LogP contribution in [0.1, 0.15) is 31.9 Å². The topological polar surface area (TPSA) is 39.1 Å². The Morgan fingerprint density at radius 2 is 2.00 bits per heavy atom. The van der Waals surface area contributed by atoms with Crippen LogP contribution in [0, 0.1) is 17.1 Å². The Labute approximate surface area is 115 Å². The van der Waals surface area contributed by atoms with Gasteiger partial charge >= 0.3 is 0 Å². The number of hydrogen-bond acceptors (Lipinski definition) is 3. The van der Waals surface area contributed by atoms with Gasteiger partial charge in [0.25, 0.3) is 0 Å². The minimum absolute atomic E-state index is 0.328. The van der Waals surface area contributed by atoms with E-state index in [4.69, 9.17) is 5.26 Å². The summed E-state index contributed by atoms with van der Waals surface area (Å²) in [6.45, 7) is 10.00. The number of halogens is 1. The van der Waals surface area contributed by atoms with E-state index in [1.54, 1.807) is 6.07 Å². The second kappa shape index (κ2) is 7.88. The molecule has 1 aromatic rings. The molecule has 3 nitrogen and oxygen atoms in total. The van der Waals surface area contributed by atoms with Gasteiger partial charge in [-0.2, -0.15) is 5.26 Å². The monoisotopic (exact) mass is 263 g/mol. The van der Waals surface area contributed by atoms with E-state index in [-0.39, 0.29) is 5.82 Å². The van der Waals surface area contributed by atoms with E-state index in [0.29, 0.717) is 18.2 Å². The lowest BCUT2D eigenvalue weighted by molar-refractivity contribution is 0.270. The Balaban J connectivity index is 2.52. The van der Waals surface area contributed by atoms with E-state index in [1.807, 2.05) is 6.07 Å². The van der Waals surface area contributed by atoms with Gasteiger partial charge in [0.05, 0.1) is 11.6 Å². The summed E-state index contributed by atoms with van der Waals surface area (Å²) in [4.78, 5) is 2.34. The van der Waals surface area contributed by atoms with Gasteiger partial charge in [0, 0.05) is 19.1 Å². The highest BCUT2D eigenvalue weighted by Gasteiger charge is 2.07. The fourth-order valence-corrected chi connectivity index (χ4v) is 2.04. The molecule has 0 saturated heterocycles. The summed E-state index contributed by atoms with van der Waals surface area (Å²) in [6, 6.07) is 6.74. The van der Waals surface area contributed by atoms with E-state index in [9.17, 15) is 4.39 Å². The average molecular weight is 263 g/mol. The molecule has 0 bridgehead atoms. The molecular weight excluding hydrogens is 241 g/mol. The van der Waals surface area contributed by atoms with Gasteiger partial charge in [0.1, 0.15) is 5.82 Å². The van der Waals surface area contributed by atoms with Crippen molar-refractivity contribution >= 4 is 0 Å². The van der Waals surface area contributed by atoms with E-state index in [0.717, 1.165) is 25.2 Å². The first-order valence-electron chi connectivity index (χ1n) is 6.74. The third kappa shape index (κ3) is 5.37. The van der Waals surface area contributed by atoms with Crippen LogP contribution in [0.2, 0.25) is 0 Å². The fraction of sp³-hybridized carbons (Fsp3) is 0.533. The van der Waals surface area contributed by atoms with E-state index >= 15 is 0 Å². The van der Waals surface area contributed by atoms with Crippen molar-refractivity contribution in [3.8, 4) is 6.07 Å². The number of nitrogens with zero attached hydrogens (tertiary/aromatic N) is 2. The van der Waals surface area contributed by atoms with Crippen molar-refractivity contribution in [2.45, 2.75) is 33.4 Å². The lowest BCUT2D eigenvalue weighted by Gasteiger charge is -2.23. The summed E-state index contributed by atoms with van der Waals surface area (Å²) < 4.78 is 13.3. The predicted octanol–water partition coefficient (Wildman–Crippen LogP) is 2.52. The first kappa shape index (κ1) is 15.6. The molecule has 0 saturated carbocycles. The summed E-state index contributed by atoms with van der Waals surface area (Å²) >= 11 is 0. The number of nitriles is 1. The molecule has 1 N–H and O–H groups in total. The maximum atomic E-state index is 13.3. The van der Waals surface area contributed by atoms with Gasteiger partial charge in [0.2, 0.25) is 0 Å². The van der Waals surface area contributed by atoms with E-state index in [1.165, 1.54) is 12.1 Å². The summed E-state index contributed by atoms with van der Waals surface area (Å²) in [6.07, 6.45) is 0. The highest BCUT2D eigenvalue weighted by atomic mass is 19.1. The van der Waals surface area contributed by atoms with Crippen LogP contribution in [0.15, 0.2) is 18.2 Å². The van der Waals surface area contributed by atoms with Crippen LogP contribution in [0.25, 0.3) is 0 Å². The molecule has 1 atom stereocenters. The SMILES string of the molecule is CCN(CC)CC(C)NCc1cc(F)cc(C#N)c1. The molecule has 0 aliphatic heterocycles. The molecule has 1 unspecified atom stereocenters. The van der Waals surface area contributed by atoms with Crippen molar-refractivity contribution in [1.29, 1.82) is 5.26 Å². The number of rotatable bonds is 7. The smallest absolute Gasteiger partial charge is 0.124 e. The van der Waals surface area contributed by atoms with Gasteiger partial charge < -0.3 is 10.2 Å². The normalized spacial score (nSPS) is 12.4. The van der Waals surface area contributed by atoms with Crippen LogP contribution >= 0.6 is 0 Å². The Hall–Kier alpha value is -1.44. The zero-order chi connectivity index (χ0) is 14.3. The molecule has 0 aromatic heterocycles. The summed E-state index contributed by atoms with van der Waals surface area (Å²) in [5, 5.41) is 12.2. The minimum Gasteiger partial charge on any atom is -0.309 e. The molecule has 4 heteroatoms. The van der Waals surface area contributed by atoms with Gasteiger partial charge in [-0.05, 0) is 43.8 Å². The number of hydrogen-bond donors (Lipinski definition) is 1. The van der Waals surface area contributed by atoms with Crippen molar-refractivity contribution in [2.24, 2.45) is 0 Å². The first-order chi connectivity index (χ1) is 9.08. The molecule has 0 aliphatic rings. The van der Waals surface area contributed by atoms with Gasteiger partial charge in [-0.3, -0.25) is 0 Å². The first-order valence-corrected chi connectivity index (χ1v) is 6.74. The highest BCUT2D eigenvalue weighted by Crippen LogP contribution is 2.08. The van der Waals surface area contributed by atoms with Crippen LogP contribution in [-0.4, -0.2) is 30.6 Å². The maximum Gasteiger partial charge on any atom is 0.124 e. The number of nitrogens with one attached hydrogen (secondary N) is 1. The molecule has 0 aliphatic carbocycles. The maximum absolute atomic E-state index is 13.3. The van der Waals surface area contributed by atoms with Gasteiger partial charge in [-0.15, -0.1) is 0 Å². The standard InChI is InChI=1S/C15H22FN3/c1-4-19(5-2)11-12(3)18-10-14-6-13(9-17)7-15(16)8-14/h6-8,12,18H,4-5,10-11H2,1-3H3. The molecule has 0 amide bonds. The van der Waals surface area contributed by atoms with E-state index in [2.05, 4.69) is 31.0 Å². The quantitative estimate of drug-likeness (QED) is 0.821. The summed E-state index contributed by atoms with van der Waals surface area (Å²) in [7, 11) is 0. The Morgan fingerprint density at radius 1 is 1.32 bits per heavy atom. The molecule has 0 fully saturated rings. The number of likely N-dealkylation sites (N-methyl/N-ethyl adjacent to an activating group) is 1. The zero-order valence-electron chi connectivity index (χ0n) is 11.9. The van der Waals surface area contributed by atoms with Gasteiger partial charge in [-0.25, -0.2) is 4.39 Å². The van der Waals surface area contributed by atoms with Crippen molar-refractivity contribution in [1.82, 2.24) is 10.2 Å². The number of benzene rings is 1. The van der Waals surface area contributed by atoms with Crippen molar-refractivity contribution in [2.75, 3.05) is 19.6 Å². The van der Waals surface area contributed by atoms with Crippen molar-refractivity contribution in [3.63, 3.8) is 0 Å². The summed E-state index contributed by atoms with van der Waals surface area (Å²) in [5.74, 6) is -0.354. The molecule has 19 heavy (non-hydrogen) atoms. The second-order valence-electron chi connectivity index (χ2n) is 4.73. The Morgan fingerprint density at radius 3 is 2.58 bits per heavy atom. The fourth-order valence-electron chi connectivity index (χ4n) is 2.04. The van der Waals surface area contributed by atoms with Crippen LogP contribution in [-0.2, 0) is 6.54 Å². The second-order valence-corrected chi connectivity index (χ2v) is 4.73. The molecule has 104 valence electrons. The Kier molecular flexibility index (Phi) is 6.48. The highest BCUT2D eigenvalue weighted by molar-refractivity contribution is 5.33. The molecule has 1 rings (SSSR count). The molecule has 0 radical (unpaired) electrons. The molecular formula is C15H22FN3. The third-order valence-corrected chi connectivity index (χ3v) is 3.17. The van der Waals surface area contributed by atoms with Crippen LogP contribution in [0.5, 0.6) is 0 Å². The van der Waals surface area contributed by atoms with E-state index < -0.39 is 0 Å². The largest absolute Gasteiger partial charge is 0.309 e. The predicted molar refractivity (Wildman–Crippen MR) is 75.2 cm³/mol. The Bertz CT molecular complexity index is 436. The summed E-state index contributed by atoms with van der Waals surface area (Å²) in [5.41, 5.74) is 1.18. The van der Waals surface area contributed by atoms with Crippen LogP contribution < -0.4 is 5.32 Å². The lowest BCUT2D eigenvalue weighted by atomic mass is 10.1. The average Bonchev–Trinajstić information content (AvgIpc) is 2.41. The zero-order valence-corrected chi connectivity index (χ0v) is 11.9. The molecule has 1 aromatic carbocycles. The van der Waals surface area contributed by atoms with Crippen LogP contribution in [0.3, 0.4) is 0 Å². The van der Waals surface area contributed by atoms with Gasteiger partial charge in [0.15, 0.2) is 0 Å². The van der Waals surface area contributed by atoms with Crippen LogP contribution in [0.4, 0.5) is 4.39 Å². The van der Waals surface area contributed by atoms with Crippen molar-refractivity contribution < 1.29 is 4.39 Å². The van der Waals surface area contributed by atoms with Crippen molar-refractivity contribution in [3.05, 3.63) is 35.1 Å².